The van der Waals surface area contributed by atoms with Gasteiger partial charge in [0.1, 0.15) is 5.75 Å². The van der Waals surface area contributed by atoms with Crippen molar-refractivity contribution in [3.63, 3.8) is 0 Å². The van der Waals surface area contributed by atoms with Crippen LogP contribution in [0.25, 0.3) is 21.5 Å². The molecule has 4 rings (SSSR count). The summed E-state index contributed by atoms with van der Waals surface area (Å²) in [6.07, 6.45) is 2.71. The Morgan fingerprint density at radius 1 is 0.964 bits per heavy atom. The second-order valence-electron chi connectivity index (χ2n) is 7.61. The molecule has 3 aromatic carbocycles. The number of carbonyl (C=O) groups excluding carboxylic acids is 1. The smallest absolute Gasteiger partial charge is 0.315 e. The van der Waals surface area contributed by atoms with E-state index in [1.54, 1.807) is 0 Å². The van der Waals surface area contributed by atoms with Crippen LogP contribution in [0.15, 0.2) is 60.2 Å². The van der Waals surface area contributed by atoms with Gasteiger partial charge in [0, 0.05) is 10.8 Å². The molecule has 0 amide bonds. The topological polar surface area (TPSA) is 63.6 Å². The van der Waals surface area contributed by atoms with Gasteiger partial charge in [-0.15, -0.1) is 0 Å². The molecule has 0 bridgehead atoms. The maximum absolute atomic E-state index is 13.0. The summed E-state index contributed by atoms with van der Waals surface area (Å²) in [4.78, 5) is 24.7. The van der Waals surface area contributed by atoms with Crippen molar-refractivity contribution in [2.75, 3.05) is 0 Å². The number of carboxylic acids is 1. The summed E-state index contributed by atoms with van der Waals surface area (Å²) in [6, 6.07) is 15.9. The van der Waals surface area contributed by atoms with Crippen LogP contribution in [0, 0.1) is 18.8 Å². The summed E-state index contributed by atoms with van der Waals surface area (Å²) >= 11 is 0. The maximum Gasteiger partial charge on any atom is 0.315 e. The molecule has 142 valence electrons. The first-order valence-electron chi connectivity index (χ1n) is 9.46. The molecular weight excluding hydrogens is 352 g/mol. The fraction of sp³-hybridized carbons (Fsp3) is 0.250. The number of ether oxygens (including phenoxy) is 1. The van der Waals surface area contributed by atoms with Crippen molar-refractivity contribution >= 4 is 33.5 Å². The normalized spacial score (nSPS) is 19.4. The highest BCUT2D eigenvalue weighted by atomic mass is 16.5. The number of hydrogen-bond acceptors (Lipinski definition) is 3. The third kappa shape index (κ3) is 3.26. The van der Waals surface area contributed by atoms with E-state index in [2.05, 4.69) is 6.07 Å². The molecule has 2 atom stereocenters. The van der Waals surface area contributed by atoms with Crippen LogP contribution in [0.2, 0.25) is 0 Å². The first-order chi connectivity index (χ1) is 13.4. The Bertz CT molecular complexity index is 1130. The Morgan fingerprint density at radius 3 is 2.50 bits per heavy atom. The van der Waals surface area contributed by atoms with Gasteiger partial charge in [-0.2, -0.15) is 0 Å². The molecule has 1 aliphatic rings. The van der Waals surface area contributed by atoms with Gasteiger partial charge in [0.2, 0.25) is 0 Å². The molecule has 0 aromatic heterocycles. The van der Waals surface area contributed by atoms with Gasteiger partial charge in [0.05, 0.1) is 11.8 Å². The van der Waals surface area contributed by atoms with E-state index in [1.807, 2.05) is 62.4 Å². The second-order valence-corrected chi connectivity index (χ2v) is 7.61. The highest BCUT2D eigenvalue weighted by Gasteiger charge is 2.37. The van der Waals surface area contributed by atoms with Crippen molar-refractivity contribution in [1.29, 1.82) is 0 Å². The van der Waals surface area contributed by atoms with Crippen LogP contribution in [0.3, 0.4) is 0 Å². The molecule has 28 heavy (non-hydrogen) atoms. The number of carboxylic acid groups (broad SMARTS) is 1. The largest absolute Gasteiger partial charge is 0.481 e. The molecule has 1 aliphatic carbocycles. The molecule has 0 aliphatic heterocycles. The Kier molecular flexibility index (Phi) is 4.63. The van der Waals surface area contributed by atoms with E-state index in [9.17, 15) is 14.7 Å². The minimum Gasteiger partial charge on any atom is -0.481 e. The molecule has 0 heterocycles. The lowest BCUT2D eigenvalue weighted by Gasteiger charge is -2.26. The minimum atomic E-state index is -0.951. The summed E-state index contributed by atoms with van der Waals surface area (Å²) in [5.41, 5.74) is 2.07. The Balaban J connectivity index is 1.80. The van der Waals surface area contributed by atoms with Crippen LogP contribution in [0.1, 0.15) is 25.3 Å². The summed E-state index contributed by atoms with van der Waals surface area (Å²) in [6.45, 7) is 3.90. The number of aliphatic carboxylic acids is 1. The van der Waals surface area contributed by atoms with Crippen molar-refractivity contribution in [2.45, 2.75) is 26.7 Å². The zero-order valence-corrected chi connectivity index (χ0v) is 15.9. The van der Waals surface area contributed by atoms with E-state index in [1.165, 1.54) is 0 Å². The van der Waals surface area contributed by atoms with Gasteiger partial charge in [0.25, 0.3) is 0 Å². The van der Waals surface area contributed by atoms with Gasteiger partial charge < -0.3 is 9.84 Å². The average Bonchev–Trinajstić information content (AvgIpc) is 2.68. The number of allylic oxidation sites excluding steroid dienone is 2. The van der Waals surface area contributed by atoms with Crippen LogP contribution < -0.4 is 4.74 Å². The van der Waals surface area contributed by atoms with Crippen molar-refractivity contribution in [3.05, 3.63) is 65.7 Å². The Hall–Kier alpha value is -3.14. The molecule has 0 spiro atoms. The monoisotopic (exact) mass is 374 g/mol. The van der Waals surface area contributed by atoms with E-state index in [0.717, 1.165) is 32.7 Å². The maximum atomic E-state index is 13.0. The molecular formula is C24H22O4. The Labute approximate surface area is 163 Å². The van der Waals surface area contributed by atoms with Crippen LogP contribution in [-0.2, 0) is 9.59 Å². The molecule has 0 saturated carbocycles. The number of hydrogen-bond donors (Lipinski definition) is 1. The first kappa shape index (κ1) is 18.2. The summed E-state index contributed by atoms with van der Waals surface area (Å²) in [5, 5.41) is 13.3. The van der Waals surface area contributed by atoms with Gasteiger partial charge in [-0.25, -0.2) is 0 Å². The molecule has 0 saturated heterocycles. The van der Waals surface area contributed by atoms with Gasteiger partial charge >= 0.3 is 11.9 Å². The molecule has 4 nitrogen and oxygen atoms in total. The number of fused-ring (bicyclic) bond motifs is 2. The number of carbonyl (C=O) groups is 2. The Morgan fingerprint density at radius 2 is 1.71 bits per heavy atom. The van der Waals surface area contributed by atoms with Crippen LogP contribution in [0.5, 0.6) is 5.75 Å². The summed E-state index contributed by atoms with van der Waals surface area (Å²) < 4.78 is 5.92. The van der Waals surface area contributed by atoms with Gasteiger partial charge in [-0.05, 0) is 49.6 Å². The molecule has 0 fully saturated rings. The molecule has 2 unspecified atom stereocenters. The van der Waals surface area contributed by atoms with E-state index in [4.69, 9.17) is 4.74 Å². The van der Waals surface area contributed by atoms with E-state index in [-0.39, 0.29) is 0 Å². The standard InChI is InChI=1S/C24H22O4/c1-14-7-9-17-13-16-5-3-4-6-18(16)22(20(17)11-14)28-24(27)19-10-8-15(2)12-21(19)23(25)26/h3-9,11,13,19,21H,10,12H2,1-2H3,(H,25,26). The zero-order valence-electron chi connectivity index (χ0n) is 15.9. The van der Waals surface area contributed by atoms with Crippen LogP contribution in [0.4, 0.5) is 0 Å². The highest BCUT2D eigenvalue weighted by Crippen LogP contribution is 2.37. The fourth-order valence-electron chi connectivity index (χ4n) is 4.01. The van der Waals surface area contributed by atoms with Crippen molar-refractivity contribution < 1.29 is 19.4 Å². The quantitative estimate of drug-likeness (QED) is 0.294. The SMILES string of the molecule is CC1=CCC(C(=O)Oc2c3ccccc3cc3ccc(C)cc23)C(C(=O)O)C1. The molecule has 1 N–H and O–H groups in total. The van der Waals surface area contributed by atoms with Gasteiger partial charge in [0.15, 0.2) is 0 Å². The number of aryl methyl sites for hydroxylation is 1. The second kappa shape index (κ2) is 7.12. The third-order valence-electron chi connectivity index (χ3n) is 5.54. The first-order valence-corrected chi connectivity index (χ1v) is 9.46. The zero-order chi connectivity index (χ0) is 19.8. The van der Waals surface area contributed by atoms with E-state index >= 15 is 0 Å². The van der Waals surface area contributed by atoms with Crippen LogP contribution >= 0.6 is 0 Å². The minimum absolute atomic E-state index is 0.379. The van der Waals surface area contributed by atoms with Crippen molar-refractivity contribution in [1.82, 2.24) is 0 Å². The predicted octanol–water partition coefficient (Wildman–Crippen LogP) is 5.26. The fourth-order valence-corrected chi connectivity index (χ4v) is 4.01. The van der Waals surface area contributed by atoms with Gasteiger partial charge in [-0.1, -0.05) is 53.6 Å². The molecule has 0 radical (unpaired) electrons. The number of rotatable bonds is 3. The van der Waals surface area contributed by atoms with Crippen LogP contribution in [-0.4, -0.2) is 17.0 Å². The molecule has 3 aromatic rings. The molecule has 4 heteroatoms. The van der Waals surface area contributed by atoms with E-state index < -0.39 is 23.8 Å². The lowest BCUT2D eigenvalue weighted by atomic mass is 9.80. The highest BCUT2D eigenvalue weighted by molar-refractivity contribution is 6.06. The lowest BCUT2D eigenvalue weighted by molar-refractivity contribution is -0.152. The van der Waals surface area contributed by atoms with Crippen molar-refractivity contribution in [3.8, 4) is 5.75 Å². The predicted molar refractivity (Wildman–Crippen MR) is 109 cm³/mol. The average molecular weight is 374 g/mol. The van der Waals surface area contributed by atoms with Gasteiger partial charge in [-0.3, -0.25) is 9.59 Å². The van der Waals surface area contributed by atoms with E-state index in [0.29, 0.717) is 18.6 Å². The summed E-state index contributed by atoms with van der Waals surface area (Å²) in [7, 11) is 0. The lowest BCUT2D eigenvalue weighted by Crippen LogP contribution is -2.34. The summed E-state index contributed by atoms with van der Waals surface area (Å²) in [5.74, 6) is -2.35. The third-order valence-corrected chi connectivity index (χ3v) is 5.54. The number of benzene rings is 3. The number of esters is 1. The van der Waals surface area contributed by atoms with Crippen molar-refractivity contribution in [2.24, 2.45) is 11.8 Å².